The molecule has 2 aliphatic carbocycles. The molecule has 0 saturated heterocycles. The van der Waals surface area contributed by atoms with E-state index in [1.54, 1.807) is 0 Å². The first-order valence-electron chi connectivity index (χ1n) is 4.03. The van der Waals surface area contributed by atoms with Crippen LogP contribution in [0, 0.1) is 12.3 Å². The van der Waals surface area contributed by atoms with Crippen LogP contribution in [0.4, 0.5) is 0 Å². The van der Waals surface area contributed by atoms with Gasteiger partial charge in [-0.2, -0.15) is 0 Å². The second-order valence-electron chi connectivity index (χ2n) is 3.30. The summed E-state index contributed by atoms with van der Waals surface area (Å²) in [7, 11) is 0. The monoisotopic (exact) mass is 151 g/mol. The van der Waals surface area contributed by atoms with E-state index in [0.717, 1.165) is 19.3 Å². The van der Waals surface area contributed by atoms with Gasteiger partial charge in [0.2, 0.25) is 0 Å². The number of rotatable bonds is 1. The van der Waals surface area contributed by atoms with Gasteiger partial charge in [0.25, 0.3) is 0 Å². The molecule has 0 fully saturated rings. The van der Waals surface area contributed by atoms with Crippen molar-refractivity contribution in [2.75, 3.05) is 0 Å². The molecule has 59 valence electrons. The van der Waals surface area contributed by atoms with Crippen molar-refractivity contribution in [1.29, 1.82) is 0 Å². The van der Waals surface area contributed by atoms with Crippen molar-refractivity contribution in [2.24, 2.45) is 5.92 Å². The molecule has 0 heterocycles. The Kier molecular flexibility index (Phi) is 1.48. The molecule has 2 rings (SSSR count). The molecule has 0 aromatic heterocycles. The van der Waals surface area contributed by atoms with Gasteiger partial charge in [0, 0.05) is 0 Å². The fourth-order valence-corrected chi connectivity index (χ4v) is 1.79. The smallest absolute Gasteiger partial charge is 0.307 e. The Labute approximate surface area is 65.9 Å². The van der Waals surface area contributed by atoms with E-state index in [2.05, 4.69) is 0 Å². The number of carboxylic acids is 1. The van der Waals surface area contributed by atoms with Crippen molar-refractivity contribution in [2.45, 2.75) is 25.7 Å². The fraction of sp³-hybridized carbons (Fsp3) is 0.556. The van der Waals surface area contributed by atoms with E-state index in [1.165, 1.54) is 17.6 Å². The number of carboxylic acid groups (broad SMARTS) is 1. The molecule has 2 nitrogen and oxygen atoms in total. The lowest BCUT2D eigenvalue weighted by Crippen LogP contribution is -2.23. The standard InChI is InChI=1S/C9H11O2/c10-9(11)8-4-2-6-1-3-7(6)5-8/h4,8H,1-3,5H2,(H,10,11). The first-order valence-corrected chi connectivity index (χ1v) is 4.03. The molecular weight excluding hydrogens is 140 g/mol. The third-order valence-corrected chi connectivity index (χ3v) is 2.66. The van der Waals surface area contributed by atoms with Crippen LogP contribution >= 0.6 is 0 Å². The molecule has 0 aliphatic heterocycles. The molecule has 1 radical (unpaired) electrons. The third-order valence-electron chi connectivity index (χ3n) is 2.66. The van der Waals surface area contributed by atoms with Crippen LogP contribution in [-0.4, -0.2) is 11.1 Å². The minimum atomic E-state index is -0.663. The van der Waals surface area contributed by atoms with E-state index in [0.29, 0.717) is 0 Å². The fourth-order valence-electron chi connectivity index (χ4n) is 1.79. The van der Waals surface area contributed by atoms with Gasteiger partial charge in [-0.1, -0.05) is 11.1 Å². The summed E-state index contributed by atoms with van der Waals surface area (Å²) in [5.74, 6) is -0.863. The number of hydrogen-bond donors (Lipinski definition) is 1. The van der Waals surface area contributed by atoms with E-state index < -0.39 is 5.97 Å². The summed E-state index contributed by atoms with van der Waals surface area (Å²) in [6.07, 6.45) is 5.99. The summed E-state index contributed by atoms with van der Waals surface area (Å²) in [5.41, 5.74) is 2.92. The van der Waals surface area contributed by atoms with E-state index >= 15 is 0 Å². The molecule has 2 heteroatoms. The maximum Gasteiger partial charge on any atom is 0.307 e. The van der Waals surface area contributed by atoms with Gasteiger partial charge in [-0.3, -0.25) is 4.79 Å². The van der Waals surface area contributed by atoms with Crippen LogP contribution in [0.2, 0.25) is 0 Å². The highest BCUT2D eigenvalue weighted by Crippen LogP contribution is 2.40. The maximum absolute atomic E-state index is 10.6. The molecule has 1 atom stereocenters. The number of hydrogen-bond acceptors (Lipinski definition) is 1. The minimum Gasteiger partial charge on any atom is -0.481 e. The van der Waals surface area contributed by atoms with Crippen molar-refractivity contribution in [1.82, 2.24) is 0 Å². The van der Waals surface area contributed by atoms with E-state index in [-0.39, 0.29) is 5.92 Å². The molecule has 1 unspecified atom stereocenters. The number of aliphatic carboxylic acids is 1. The van der Waals surface area contributed by atoms with Crippen molar-refractivity contribution >= 4 is 5.97 Å². The summed E-state index contributed by atoms with van der Waals surface area (Å²) >= 11 is 0. The lowest BCUT2D eigenvalue weighted by Gasteiger charge is -2.31. The van der Waals surface area contributed by atoms with Gasteiger partial charge in [0.05, 0.1) is 5.92 Å². The van der Waals surface area contributed by atoms with E-state index in [9.17, 15) is 4.79 Å². The van der Waals surface area contributed by atoms with Gasteiger partial charge >= 0.3 is 5.97 Å². The van der Waals surface area contributed by atoms with Gasteiger partial charge in [0.15, 0.2) is 0 Å². The molecular formula is C9H11O2. The van der Waals surface area contributed by atoms with Crippen LogP contribution in [0.25, 0.3) is 0 Å². The van der Waals surface area contributed by atoms with Crippen molar-refractivity contribution in [3.05, 3.63) is 17.6 Å². The lowest BCUT2D eigenvalue weighted by atomic mass is 9.74. The molecule has 0 amide bonds. The quantitative estimate of drug-likeness (QED) is 0.580. The summed E-state index contributed by atoms with van der Waals surface area (Å²) in [6.45, 7) is 0. The second kappa shape index (κ2) is 2.36. The van der Waals surface area contributed by atoms with Crippen LogP contribution in [0.5, 0.6) is 0 Å². The first kappa shape index (κ1) is 6.89. The van der Waals surface area contributed by atoms with Crippen molar-refractivity contribution in [3.63, 3.8) is 0 Å². The molecule has 0 aromatic carbocycles. The Morgan fingerprint density at radius 2 is 2.18 bits per heavy atom. The Balaban J connectivity index is 2.07. The summed E-state index contributed by atoms with van der Waals surface area (Å²) in [6, 6.07) is 0. The molecule has 0 bridgehead atoms. The zero-order valence-corrected chi connectivity index (χ0v) is 6.34. The van der Waals surface area contributed by atoms with Crippen LogP contribution in [0.15, 0.2) is 11.1 Å². The summed E-state index contributed by atoms with van der Waals surface area (Å²) < 4.78 is 0. The molecule has 0 aromatic rings. The van der Waals surface area contributed by atoms with Gasteiger partial charge in [-0.15, -0.1) is 0 Å². The normalized spacial score (nSPS) is 29.3. The van der Waals surface area contributed by atoms with Crippen molar-refractivity contribution < 1.29 is 9.90 Å². The van der Waals surface area contributed by atoms with Gasteiger partial charge in [-0.05, 0) is 32.1 Å². The second-order valence-corrected chi connectivity index (χ2v) is 3.30. The van der Waals surface area contributed by atoms with Crippen LogP contribution < -0.4 is 0 Å². The average molecular weight is 151 g/mol. The van der Waals surface area contributed by atoms with Crippen LogP contribution in [0.1, 0.15) is 25.7 Å². The van der Waals surface area contributed by atoms with Crippen LogP contribution in [-0.2, 0) is 4.79 Å². The Bertz CT molecular complexity index is 228. The van der Waals surface area contributed by atoms with Gasteiger partial charge < -0.3 is 5.11 Å². The Hall–Kier alpha value is -0.790. The van der Waals surface area contributed by atoms with Gasteiger partial charge in [-0.25, -0.2) is 0 Å². The molecule has 0 spiro atoms. The predicted molar refractivity (Wildman–Crippen MR) is 40.9 cm³/mol. The largest absolute Gasteiger partial charge is 0.481 e. The topological polar surface area (TPSA) is 37.3 Å². The van der Waals surface area contributed by atoms with E-state index in [1.807, 2.05) is 6.42 Å². The molecule has 11 heavy (non-hydrogen) atoms. The molecule has 0 saturated carbocycles. The number of allylic oxidation sites excluding steroid dienone is 2. The third kappa shape index (κ3) is 1.06. The highest BCUT2D eigenvalue weighted by atomic mass is 16.4. The van der Waals surface area contributed by atoms with E-state index in [4.69, 9.17) is 5.11 Å². The molecule has 1 N–H and O–H groups in total. The number of carbonyl (C=O) groups is 1. The average Bonchev–Trinajstić information content (AvgIpc) is 1.91. The van der Waals surface area contributed by atoms with Crippen LogP contribution in [0.3, 0.4) is 0 Å². The van der Waals surface area contributed by atoms with Gasteiger partial charge in [0.1, 0.15) is 0 Å². The Morgan fingerprint density at radius 1 is 1.45 bits per heavy atom. The van der Waals surface area contributed by atoms with Crippen molar-refractivity contribution in [3.8, 4) is 0 Å². The summed E-state index contributed by atoms with van der Waals surface area (Å²) in [5, 5.41) is 8.71. The Morgan fingerprint density at radius 3 is 2.64 bits per heavy atom. The maximum atomic E-state index is 10.6. The zero-order valence-electron chi connectivity index (χ0n) is 6.34. The zero-order chi connectivity index (χ0) is 7.84. The molecule has 2 aliphatic rings. The highest BCUT2D eigenvalue weighted by molar-refractivity contribution is 5.72. The lowest BCUT2D eigenvalue weighted by molar-refractivity contribution is -0.140. The highest BCUT2D eigenvalue weighted by Gasteiger charge is 2.29. The first-order chi connectivity index (χ1) is 5.27. The predicted octanol–water partition coefficient (Wildman–Crippen LogP) is 1.78. The minimum absolute atomic E-state index is 0.200. The SMILES string of the molecule is O=C(O)C1[CH]CC2=C(CC2)C1. The summed E-state index contributed by atoms with van der Waals surface area (Å²) in [4.78, 5) is 10.6.